The van der Waals surface area contributed by atoms with Gasteiger partial charge in [-0.25, -0.2) is 0 Å². The van der Waals surface area contributed by atoms with Gasteiger partial charge in [0.15, 0.2) is 11.6 Å². The number of hydrogen-bond acceptors (Lipinski definition) is 6. The molecule has 3 aromatic rings. The second-order valence-electron chi connectivity index (χ2n) is 5.84. The number of para-hydroxylation sites is 1. The first kappa shape index (κ1) is 16.2. The lowest BCUT2D eigenvalue weighted by atomic mass is 9.83. The van der Waals surface area contributed by atoms with Gasteiger partial charge in [-0.3, -0.25) is 9.59 Å². The number of carbonyl (C=O) groups excluding carboxylic acids is 2. The lowest BCUT2D eigenvalue weighted by Gasteiger charge is -2.21. The van der Waals surface area contributed by atoms with Crippen LogP contribution in [0.5, 0.6) is 11.5 Å². The van der Waals surface area contributed by atoms with Gasteiger partial charge in [0.2, 0.25) is 0 Å². The smallest absolute Gasteiger partial charge is 0.198 e. The van der Waals surface area contributed by atoms with Crippen LogP contribution in [0.1, 0.15) is 31.8 Å². The number of fused-ring (bicyclic) bond motifs is 2. The first-order valence-electron chi connectivity index (χ1n) is 7.78. The number of carbonyl (C=O) groups is 2. The SMILES string of the molecule is Nc1ccccc1Sc1cc(O)c2c(c1O)C(=O)c1ccccc1C2=O. The van der Waals surface area contributed by atoms with Gasteiger partial charge in [0, 0.05) is 21.7 Å². The highest BCUT2D eigenvalue weighted by atomic mass is 32.2. The minimum Gasteiger partial charge on any atom is -0.507 e. The van der Waals surface area contributed by atoms with Gasteiger partial charge in [0.05, 0.1) is 16.0 Å². The average Bonchev–Trinajstić information content (AvgIpc) is 2.64. The van der Waals surface area contributed by atoms with E-state index in [-0.39, 0.29) is 38.6 Å². The maximum atomic E-state index is 12.8. The summed E-state index contributed by atoms with van der Waals surface area (Å²) in [5, 5.41) is 21.1. The van der Waals surface area contributed by atoms with Crippen molar-refractivity contribution in [2.75, 3.05) is 5.73 Å². The molecule has 26 heavy (non-hydrogen) atoms. The highest BCUT2D eigenvalue weighted by molar-refractivity contribution is 7.99. The molecule has 3 aromatic carbocycles. The Balaban J connectivity index is 1.90. The van der Waals surface area contributed by atoms with E-state index in [1.165, 1.54) is 18.2 Å². The Bertz CT molecular complexity index is 1090. The van der Waals surface area contributed by atoms with Gasteiger partial charge < -0.3 is 15.9 Å². The summed E-state index contributed by atoms with van der Waals surface area (Å²) in [6.07, 6.45) is 0. The third-order valence-corrected chi connectivity index (χ3v) is 5.38. The van der Waals surface area contributed by atoms with Gasteiger partial charge in [0.25, 0.3) is 0 Å². The number of benzene rings is 3. The molecule has 0 atom stereocenters. The lowest BCUT2D eigenvalue weighted by molar-refractivity contribution is 0.0973. The second kappa shape index (κ2) is 5.93. The summed E-state index contributed by atoms with van der Waals surface area (Å²) in [6.45, 7) is 0. The van der Waals surface area contributed by atoms with E-state index in [4.69, 9.17) is 5.73 Å². The highest BCUT2D eigenvalue weighted by Gasteiger charge is 2.35. The molecule has 0 heterocycles. The number of nitrogens with two attached hydrogens (primary N) is 1. The highest BCUT2D eigenvalue weighted by Crippen LogP contribution is 2.46. The first-order chi connectivity index (χ1) is 12.5. The number of anilines is 1. The van der Waals surface area contributed by atoms with Crippen molar-refractivity contribution in [1.82, 2.24) is 0 Å². The summed E-state index contributed by atoms with van der Waals surface area (Å²) in [5.74, 6) is -1.66. The number of phenols is 2. The van der Waals surface area contributed by atoms with Crippen molar-refractivity contribution in [3.8, 4) is 11.5 Å². The minimum atomic E-state index is -0.494. The van der Waals surface area contributed by atoms with Crippen LogP contribution in [-0.4, -0.2) is 21.8 Å². The zero-order valence-corrected chi connectivity index (χ0v) is 14.2. The molecule has 0 bridgehead atoms. The van der Waals surface area contributed by atoms with Gasteiger partial charge >= 0.3 is 0 Å². The van der Waals surface area contributed by atoms with Gasteiger partial charge in [-0.1, -0.05) is 48.2 Å². The summed E-state index contributed by atoms with van der Waals surface area (Å²) < 4.78 is 0. The Morgan fingerprint density at radius 1 is 0.769 bits per heavy atom. The van der Waals surface area contributed by atoms with Crippen molar-refractivity contribution < 1.29 is 19.8 Å². The summed E-state index contributed by atoms with van der Waals surface area (Å²) in [5.41, 5.74) is 6.50. The van der Waals surface area contributed by atoms with Crippen molar-refractivity contribution in [3.63, 3.8) is 0 Å². The van der Waals surface area contributed by atoms with Crippen molar-refractivity contribution >= 4 is 29.0 Å². The summed E-state index contributed by atoms with van der Waals surface area (Å²) in [4.78, 5) is 26.5. The van der Waals surface area contributed by atoms with Crippen LogP contribution in [0, 0.1) is 0 Å². The van der Waals surface area contributed by atoms with Crippen molar-refractivity contribution in [2.45, 2.75) is 9.79 Å². The molecule has 0 fully saturated rings. The van der Waals surface area contributed by atoms with Crippen LogP contribution in [0.2, 0.25) is 0 Å². The normalized spacial score (nSPS) is 12.6. The molecule has 4 N–H and O–H groups in total. The molecular formula is C20H13NO4S. The Kier molecular flexibility index (Phi) is 3.70. The van der Waals surface area contributed by atoms with Gasteiger partial charge in [0.1, 0.15) is 11.5 Å². The molecule has 1 aliphatic carbocycles. The Hall–Kier alpha value is -3.25. The molecule has 1 aliphatic rings. The van der Waals surface area contributed by atoms with E-state index >= 15 is 0 Å². The fourth-order valence-electron chi connectivity index (χ4n) is 3.00. The molecule has 0 saturated heterocycles. The molecule has 0 spiro atoms. The van der Waals surface area contributed by atoms with E-state index < -0.39 is 11.6 Å². The van der Waals surface area contributed by atoms with Crippen LogP contribution in [0.3, 0.4) is 0 Å². The third-order valence-electron chi connectivity index (χ3n) is 4.25. The van der Waals surface area contributed by atoms with E-state index in [1.54, 1.807) is 36.4 Å². The number of ketones is 2. The van der Waals surface area contributed by atoms with Crippen LogP contribution < -0.4 is 5.73 Å². The van der Waals surface area contributed by atoms with Crippen molar-refractivity contribution in [3.05, 3.63) is 76.9 Å². The molecule has 6 heteroatoms. The Morgan fingerprint density at radius 3 is 2.00 bits per heavy atom. The molecule has 0 saturated carbocycles. The van der Waals surface area contributed by atoms with E-state index in [1.807, 2.05) is 0 Å². The van der Waals surface area contributed by atoms with Gasteiger partial charge in [-0.15, -0.1) is 0 Å². The summed E-state index contributed by atoms with van der Waals surface area (Å²) >= 11 is 1.11. The molecule has 0 amide bonds. The van der Waals surface area contributed by atoms with E-state index in [0.29, 0.717) is 10.6 Å². The van der Waals surface area contributed by atoms with Crippen LogP contribution >= 0.6 is 11.8 Å². The van der Waals surface area contributed by atoms with Crippen LogP contribution in [-0.2, 0) is 0 Å². The largest absolute Gasteiger partial charge is 0.507 e. The number of nitrogen functional groups attached to an aromatic ring is 1. The molecule has 0 aliphatic heterocycles. The second-order valence-corrected chi connectivity index (χ2v) is 6.92. The fraction of sp³-hybridized carbons (Fsp3) is 0. The predicted octanol–water partition coefficient (Wildman–Crippen LogP) is 3.61. The number of phenolic OH excluding ortho intramolecular Hbond substituents is 2. The maximum absolute atomic E-state index is 12.8. The number of hydrogen-bond donors (Lipinski definition) is 3. The summed E-state index contributed by atoms with van der Waals surface area (Å²) in [6, 6.07) is 14.7. The predicted molar refractivity (Wildman–Crippen MR) is 98.1 cm³/mol. The van der Waals surface area contributed by atoms with Crippen LogP contribution in [0.25, 0.3) is 0 Å². The number of rotatable bonds is 2. The van der Waals surface area contributed by atoms with E-state index in [9.17, 15) is 19.8 Å². The number of aromatic hydroxyl groups is 2. The van der Waals surface area contributed by atoms with E-state index in [0.717, 1.165) is 11.8 Å². The molecule has 128 valence electrons. The minimum absolute atomic E-state index is 0.170. The molecule has 0 aromatic heterocycles. The van der Waals surface area contributed by atoms with Crippen molar-refractivity contribution in [1.29, 1.82) is 0 Å². The molecule has 0 radical (unpaired) electrons. The summed E-state index contributed by atoms with van der Waals surface area (Å²) in [7, 11) is 0. The fourth-order valence-corrected chi connectivity index (χ4v) is 3.94. The van der Waals surface area contributed by atoms with Crippen LogP contribution in [0.4, 0.5) is 5.69 Å². The molecule has 0 unspecified atom stereocenters. The first-order valence-corrected chi connectivity index (χ1v) is 8.60. The van der Waals surface area contributed by atoms with Gasteiger partial charge in [-0.2, -0.15) is 0 Å². The zero-order valence-electron chi connectivity index (χ0n) is 13.4. The quantitative estimate of drug-likeness (QED) is 0.372. The average molecular weight is 363 g/mol. The lowest BCUT2D eigenvalue weighted by Crippen LogP contribution is -2.21. The third kappa shape index (κ3) is 2.34. The topological polar surface area (TPSA) is 101 Å². The van der Waals surface area contributed by atoms with Gasteiger partial charge in [-0.05, 0) is 18.2 Å². The monoisotopic (exact) mass is 363 g/mol. The molecule has 5 nitrogen and oxygen atoms in total. The Morgan fingerprint density at radius 2 is 1.35 bits per heavy atom. The maximum Gasteiger partial charge on any atom is 0.198 e. The Labute approximate surface area is 153 Å². The van der Waals surface area contributed by atoms with E-state index in [2.05, 4.69) is 0 Å². The van der Waals surface area contributed by atoms with Crippen molar-refractivity contribution in [2.24, 2.45) is 0 Å². The zero-order chi connectivity index (χ0) is 18.4. The molecule has 4 rings (SSSR count). The van der Waals surface area contributed by atoms with Crippen LogP contribution in [0.15, 0.2) is 64.4 Å². The standard InChI is InChI=1S/C20H13NO4S/c21-12-7-3-4-8-14(12)26-15-9-13(22)16-17(20(15)25)19(24)11-6-2-1-5-10(11)18(16)23/h1-9,22,25H,21H2. The molecular weight excluding hydrogens is 350 g/mol.